The Labute approximate surface area is 101 Å². The van der Waals surface area contributed by atoms with E-state index in [1.807, 2.05) is 13.8 Å². The van der Waals surface area contributed by atoms with Crippen LogP contribution in [-0.4, -0.2) is 33.7 Å². The van der Waals surface area contributed by atoms with Gasteiger partial charge in [0.25, 0.3) is 0 Å². The van der Waals surface area contributed by atoms with Crippen molar-refractivity contribution in [2.75, 3.05) is 11.5 Å². The van der Waals surface area contributed by atoms with Gasteiger partial charge in [-0.15, -0.1) is 0 Å². The summed E-state index contributed by atoms with van der Waals surface area (Å²) in [6, 6.07) is 0. The summed E-state index contributed by atoms with van der Waals surface area (Å²) in [4.78, 5) is 22.7. The number of carbonyl (C=O) groups is 2. The lowest BCUT2D eigenvalue weighted by Gasteiger charge is -2.36. The monoisotopic (exact) mass is 259 g/mol. The molecular formula is C11H17NO4S. The molecule has 17 heavy (non-hydrogen) atoms. The second-order valence-corrected chi connectivity index (χ2v) is 7.53. The van der Waals surface area contributed by atoms with Gasteiger partial charge < -0.3 is 15.9 Å². The van der Waals surface area contributed by atoms with E-state index in [1.165, 1.54) is 6.92 Å². The molecule has 96 valence electrons. The molecule has 0 aromatic heterocycles. The summed E-state index contributed by atoms with van der Waals surface area (Å²) in [6.07, 6.45) is 0. The molecule has 0 atom stereocenters. The normalized spacial score (nSPS) is 20.6. The van der Waals surface area contributed by atoms with Gasteiger partial charge in [0, 0.05) is 0 Å². The average molecular weight is 259 g/mol. The van der Waals surface area contributed by atoms with E-state index in [0.717, 1.165) is 0 Å². The lowest BCUT2D eigenvalue weighted by atomic mass is 10.1. The first-order valence-corrected chi connectivity index (χ1v) is 7.27. The maximum Gasteiger partial charge on any atom is 0.341 e. The van der Waals surface area contributed by atoms with E-state index in [9.17, 15) is 14.7 Å². The largest absolute Gasteiger partial charge is 0.478 e. The Bertz CT molecular complexity index is 446. The highest BCUT2D eigenvalue weighted by molar-refractivity contribution is 8.40. The zero-order valence-corrected chi connectivity index (χ0v) is 10.9. The Kier molecular flexibility index (Phi) is 3.56. The summed E-state index contributed by atoms with van der Waals surface area (Å²) in [5.41, 5.74) is 6.22. The molecule has 6 heteroatoms. The van der Waals surface area contributed by atoms with Crippen molar-refractivity contribution in [1.82, 2.24) is 0 Å². The predicted molar refractivity (Wildman–Crippen MR) is 67.9 cm³/mol. The Morgan fingerprint density at radius 2 is 1.65 bits per heavy atom. The van der Waals surface area contributed by atoms with Crippen LogP contribution in [0, 0.1) is 0 Å². The zero-order valence-electron chi connectivity index (χ0n) is 10.1. The molecule has 1 aliphatic rings. The van der Waals surface area contributed by atoms with Crippen molar-refractivity contribution in [1.29, 1.82) is 0 Å². The van der Waals surface area contributed by atoms with E-state index in [-0.39, 0.29) is 15.5 Å². The van der Waals surface area contributed by atoms with Gasteiger partial charge in [-0.25, -0.2) is 9.59 Å². The van der Waals surface area contributed by atoms with Gasteiger partial charge in [-0.2, -0.15) is 10.0 Å². The number of carboxylic acids is 2. The third-order valence-corrected chi connectivity index (χ3v) is 7.45. The Hall–Kier alpha value is -1.43. The second-order valence-electron chi connectivity index (χ2n) is 3.76. The van der Waals surface area contributed by atoms with E-state index in [2.05, 4.69) is 0 Å². The molecule has 1 aliphatic heterocycles. The van der Waals surface area contributed by atoms with Gasteiger partial charge in [0.2, 0.25) is 0 Å². The van der Waals surface area contributed by atoms with Crippen LogP contribution in [0.15, 0.2) is 21.1 Å². The van der Waals surface area contributed by atoms with Gasteiger partial charge in [-0.3, -0.25) is 0 Å². The number of nitrogens with two attached hydrogens (primary N) is 1. The van der Waals surface area contributed by atoms with Gasteiger partial charge in [0.1, 0.15) is 0 Å². The fourth-order valence-corrected chi connectivity index (χ4v) is 5.77. The summed E-state index contributed by atoms with van der Waals surface area (Å²) in [6.45, 7) is 5.24. The number of carboxylic acid groups (broad SMARTS) is 2. The van der Waals surface area contributed by atoms with Crippen molar-refractivity contribution >= 4 is 22.0 Å². The summed E-state index contributed by atoms with van der Waals surface area (Å²) >= 11 is 0. The third kappa shape index (κ3) is 1.72. The van der Waals surface area contributed by atoms with Crippen molar-refractivity contribution in [3.63, 3.8) is 0 Å². The lowest BCUT2D eigenvalue weighted by Crippen LogP contribution is -2.19. The number of hydrogen-bond acceptors (Lipinski definition) is 3. The second kappa shape index (κ2) is 4.44. The number of rotatable bonds is 4. The highest BCUT2D eigenvalue weighted by atomic mass is 32.3. The molecule has 0 bridgehead atoms. The maximum absolute atomic E-state index is 11.3. The van der Waals surface area contributed by atoms with E-state index in [0.29, 0.717) is 17.1 Å². The maximum atomic E-state index is 11.3. The minimum atomic E-state index is -1.84. The molecule has 0 radical (unpaired) electrons. The minimum Gasteiger partial charge on any atom is -0.478 e. The molecule has 1 heterocycles. The highest BCUT2D eigenvalue weighted by Gasteiger charge is 2.43. The van der Waals surface area contributed by atoms with E-state index >= 15 is 0 Å². The molecule has 0 aromatic rings. The van der Waals surface area contributed by atoms with Gasteiger partial charge in [0.05, 0.1) is 15.5 Å². The fraction of sp³-hybridized carbons (Fsp3) is 0.455. The van der Waals surface area contributed by atoms with E-state index < -0.39 is 22.0 Å². The third-order valence-electron chi connectivity index (χ3n) is 3.17. The van der Waals surface area contributed by atoms with E-state index in [4.69, 9.17) is 10.8 Å². The van der Waals surface area contributed by atoms with Crippen molar-refractivity contribution in [3.05, 3.63) is 21.1 Å². The van der Waals surface area contributed by atoms with Crippen LogP contribution in [0.3, 0.4) is 0 Å². The van der Waals surface area contributed by atoms with Gasteiger partial charge in [0.15, 0.2) is 0 Å². The number of hydrogen-bond donors (Lipinski definition) is 3. The molecule has 0 spiro atoms. The zero-order chi connectivity index (χ0) is 13.4. The fourth-order valence-electron chi connectivity index (χ4n) is 2.29. The molecule has 0 saturated heterocycles. The van der Waals surface area contributed by atoms with Crippen LogP contribution >= 0.6 is 10.0 Å². The Morgan fingerprint density at radius 3 is 1.88 bits per heavy atom. The molecule has 0 unspecified atom stereocenters. The molecule has 4 N–H and O–H groups in total. The van der Waals surface area contributed by atoms with Crippen LogP contribution < -0.4 is 5.73 Å². The number of aliphatic carboxylic acids is 2. The molecule has 0 saturated carbocycles. The Morgan fingerprint density at radius 1 is 1.18 bits per heavy atom. The van der Waals surface area contributed by atoms with Gasteiger partial charge in [-0.1, -0.05) is 13.8 Å². The molecule has 0 fully saturated rings. The summed E-state index contributed by atoms with van der Waals surface area (Å²) in [7, 11) is -1.84. The first-order chi connectivity index (χ1) is 7.83. The molecule has 0 aromatic carbocycles. The summed E-state index contributed by atoms with van der Waals surface area (Å²) < 4.78 is 0. The molecule has 0 amide bonds. The molecule has 5 nitrogen and oxygen atoms in total. The lowest BCUT2D eigenvalue weighted by molar-refractivity contribution is -0.132. The first-order valence-electron chi connectivity index (χ1n) is 5.29. The van der Waals surface area contributed by atoms with E-state index in [1.54, 1.807) is 0 Å². The van der Waals surface area contributed by atoms with Crippen LogP contribution in [0.25, 0.3) is 0 Å². The predicted octanol–water partition coefficient (Wildman–Crippen LogP) is 1.46. The Balaban J connectivity index is 3.59. The topological polar surface area (TPSA) is 101 Å². The molecule has 1 rings (SSSR count). The van der Waals surface area contributed by atoms with Crippen molar-refractivity contribution in [2.24, 2.45) is 5.73 Å². The summed E-state index contributed by atoms with van der Waals surface area (Å²) in [5, 5.41) is 18.7. The van der Waals surface area contributed by atoms with Crippen LogP contribution in [0.1, 0.15) is 20.8 Å². The smallest absolute Gasteiger partial charge is 0.341 e. The van der Waals surface area contributed by atoms with Crippen molar-refractivity contribution in [3.8, 4) is 0 Å². The SMILES string of the molecule is CCS1(CC)C(N)=C(C(=O)O)C(C)=C1C(=O)O. The standard InChI is InChI=1S/C11H17NO4S/c1-4-17(5-2)8(11(15)16)6(3)7(9(17)12)10(13)14/h4-5,12H2,1-3H3,(H,13,14)(H,15,16). The minimum absolute atomic E-state index is 0.0129. The van der Waals surface area contributed by atoms with Crippen molar-refractivity contribution in [2.45, 2.75) is 20.8 Å². The average Bonchev–Trinajstić information content (AvgIpc) is 2.46. The highest BCUT2D eigenvalue weighted by Crippen LogP contribution is 2.66. The molecule has 0 aliphatic carbocycles. The van der Waals surface area contributed by atoms with Crippen LogP contribution in [-0.2, 0) is 9.59 Å². The van der Waals surface area contributed by atoms with Crippen LogP contribution in [0.5, 0.6) is 0 Å². The van der Waals surface area contributed by atoms with Crippen LogP contribution in [0.4, 0.5) is 0 Å². The van der Waals surface area contributed by atoms with Gasteiger partial charge in [-0.05, 0) is 24.0 Å². The van der Waals surface area contributed by atoms with Crippen LogP contribution in [0.2, 0.25) is 0 Å². The summed E-state index contributed by atoms with van der Waals surface area (Å²) in [5.74, 6) is -1.08. The van der Waals surface area contributed by atoms with Gasteiger partial charge >= 0.3 is 11.9 Å². The first kappa shape index (κ1) is 13.6. The van der Waals surface area contributed by atoms with Crippen molar-refractivity contribution < 1.29 is 19.8 Å². The quantitative estimate of drug-likeness (QED) is 0.709. The molecular weight excluding hydrogens is 242 g/mol.